The molecule has 0 unspecified atom stereocenters. The van der Waals surface area contributed by atoms with Crippen LogP contribution in [0.3, 0.4) is 0 Å². The van der Waals surface area contributed by atoms with Gasteiger partial charge in [0.1, 0.15) is 0 Å². The number of hydrogen-bond donors (Lipinski definition) is 1. The van der Waals surface area contributed by atoms with Crippen LogP contribution in [-0.2, 0) is 9.05 Å². The summed E-state index contributed by atoms with van der Waals surface area (Å²) in [6.07, 6.45) is 1.21. The van der Waals surface area contributed by atoms with E-state index in [9.17, 15) is 13.2 Å². The zero-order valence-corrected chi connectivity index (χ0v) is 12.2. The molecule has 20 heavy (non-hydrogen) atoms. The number of anilines is 1. The minimum atomic E-state index is -3.87. The number of amides is 1. The summed E-state index contributed by atoms with van der Waals surface area (Å²) in [4.78, 5) is 15.5. The van der Waals surface area contributed by atoms with E-state index in [4.69, 9.17) is 22.3 Å². The van der Waals surface area contributed by atoms with Gasteiger partial charge in [-0.2, -0.15) is 0 Å². The molecule has 0 aliphatic heterocycles. The second-order valence-corrected chi connectivity index (χ2v) is 6.73. The monoisotopic (exact) mass is 330 g/mol. The van der Waals surface area contributed by atoms with Gasteiger partial charge in [-0.15, -0.1) is 0 Å². The highest BCUT2D eigenvalue weighted by atomic mass is 35.7. The minimum Gasteiger partial charge on any atom is -0.321 e. The van der Waals surface area contributed by atoms with Crippen LogP contribution < -0.4 is 5.32 Å². The summed E-state index contributed by atoms with van der Waals surface area (Å²) in [5, 5.41) is 2.83. The molecule has 0 atom stereocenters. The Morgan fingerprint density at radius 3 is 2.25 bits per heavy atom. The van der Waals surface area contributed by atoms with Crippen LogP contribution in [0, 0.1) is 0 Å². The van der Waals surface area contributed by atoms with E-state index in [0.717, 1.165) is 0 Å². The predicted octanol–water partition coefficient (Wildman–Crippen LogP) is 2.91. The van der Waals surface area contributed by atoms with Crippen molar-refractivity contribution >= 4 is 42.9 Å². The normalized spacial score (nSPS) is 11.1. The average Bonchev–Trinajstić information content (AvgIpc) is 2.39. The number of rotatable bonds is 3. The summed E-state index contributed by atoms with van der Waals surface area (Å²) in [6, 6.07) is 8.94. The Morgan fingerprint density at radius 2 is 1.75 bits per heavy atom. The first-order valence-electron chi connectivity index (χ1n) is 5.34. The van der Waals surface area contributed by atoms with Gasteiger partial charge in [-0.05, 0) is 36.4 Å². The van der Waals surface area contributed by atoms with Crippen LogP contribution in [0.2, 0.25) is 5.02 Å². The van der Waals surface area contributed by atoms with Gasteiger partial charge in [0.25, 0.3) is 15.0 Å². The molecule has 0 saturated carbocycles. The van der Waals surface area contributed by atoms with Crippen molar-refractivity contribution in [3.63, 3.8) is 0 Å². The number of carbonyl (C=O) groups excluding carboxylic acids is 1. The Bertz CT molecular complexity index is 728. The number of carbonyl (C=O) groups is 1. The van der Waals surface area contributed by atoms with Crippen molar-refractivity contribution in [1.82, 2.24) is 4.98 Å². The summed E-state index contributed by atoms with van der Waals surface area (Å²) in [6.45, 7) is 0. The van der Waals surface area contributed by atoms with Crippen LogP contribution in [0.1, 0.15) is 10.4 Å². The lowest BCUT2D eigenvalue weighted by molar-refractivity contribution is 0.102. The SMILES string of the molecule is O=C(Nc1ccc(S(=O)(=O)Cl)nc1)c1ccc(Cl)cc1. The van der Waals surface area contributed by atoms with E-state index in [1.54, 1.807) is 24.3 Å². The molecule has 1 amide bonds. The van der Waals surface area contributed by atoms with Crippen molar-refractivity contribution in [2.75, 3.05) is 5.32 Å². The van der Waals surface area contributed by atoms with E-state index >= 15 is 0 Å². The summed E-state index contributed by atoms with van der Waals surface area (Å²) in [5.74, 6) is -0.357. The first-order valence-corrected chi connectivity index (χ1v) is 8.02. The van der Waals surface area contributed by atoms with Crippen LogP contribution in [0.5, 0.6) is 0 Å². The zero-order chi connectivity index (χ0) is 14.8. The van der Waals surface area contributed by atoms with E-state index in [1.807, 2.05) is 0 Å². The minimum absolute atomic E-state index is 0.274. The number of nitrogens with one attached hydrogen (secondary N) is 1. The second kappa shape index (κ2) is 5.78. The summed E-state index contributed by atoms with van der Waals surface area (Å²) < 4.78 is 22.0. The number of benzene rings is 1. The zero-order valence-electron chi connectivity index (χ0n) is 9.88. The van der Waals surface area contributed by atoms with Crippen molar-refractivity contribution in [3.05, 3.63) is 53.2 Å². The molecule has 0 aliphatic carbocycles. The molecule has 104 valence electrons. The highest BCUT2D eigenvalue weighted by Gasteiger charge is 2.12. The molecule has 1 aromatic heterocycles. The average molecular weight is 331 g/mol. The molecule has 0 radical (unpaired) electrons. The number of aromatic nitrogens is 1. The maximum Gasteiger partial charge on any atom is 0.278 e. The third-order valence-corrected chi connectivity index (χ3v) is 3.82. The maximum absolute atomic E-state index is 11.9. The highest BCUT2D eigenvalue weighted by molar-refractivity contribution is 8.13. The molecule has 1 aromatic carbocycles. The molecular formula is C12H8Cl2N2O3S. The molecular weight excluding hydrogens is 323 g/mol. The van der Waals surface area contributed by atoms with E-state index in [1.165, 1.54) is 18.3 Å². The summed E-state index contributed by atoms with van der Waals surface area (Å²) in [7, 11) is 1.27. The van der Waals surface area contributed by atoms with Gasteiger partial charge in [-0.1, -0.05) is 11.6 Å². The fourth-order valence-corrected chi connectivity index (χ4v) is 2.21. The van der Waals surface area contributed by atoms with Crippen molar-refractivity contribution < 1.29 is 13.2 Å². The Labute approximate surface area is 125 Å². The van der Waals surface area contributed by atoms with Gasteiger partial charge < -0.3 is 5.32 Å². The molecule has 1 heterocycles. The van der Waals surface area contributed by atoms with Crippen LogP contribution >= 0.6 is 22.3 Å². The number of nitrogens with zero attached hydrogens (tertiary/aromatic N) is 1. The standard InChI is InChI=1S/C12H8Cl2N2O3S/c13-9-3-1-8(2-4-9)12(17)16-10-5-6-11(15-7-10)20(14,18)19/h1-7H,(H,16,17). The van der Waals surface area contributed by atoms with E-state index < -0.39 is 9.05 Å². The molecule has 2 aromatic rings. The maximum atomic E-state index is 11.9. The summed E-state index contributed by atoms with van der Waals surface area (Å²) in [5.41, 5.74) is 0.775. The number of pyridine rings is 1. The smallest absolute Gasteiger partial charge is 0.278 e. The lowest BCUT2D eigenvalue weighted by Crippen LogP contribution is -2.12. The number of hydrogen-bond acceptors (Lipinski definition) is 4. The highest BCUT2D eigenvalue weighted by Crippen LogP contribution is 2.16. The quantitative estimate of drug-likeness (QED) is 0.878. The lowest BCUT2D eigenvalue weighted by Gasteiger charge is -2.05. The van der Waals surface area contributed by atoms with E-state index in [2.05, 4.69) is 10.3 Å². The first-order chi connectivity index (χ1) is 9.36. The fraction of sp³-hybridized carbons (Fsp3) is 0. The molecule has 0 aliphatic rings. The van der Waals surface area contributed by atoms with Gasteiger partial charge >= 0.3 is 0 Å². The number of halogens is 2. The molecule has 0 spiro atoms. The third kappa shape index (κ3) is 3.69. The van der Waals surface area contributed by atoms with Crippen molar-refractivity contribution in [2.24, 2.45) is 0 Å². The fourth-order valence-electron chi connectivity index (χ4n) is 1.40. The third-order valence-electron chi connectivity index (χ3n) is 2.35. The van der Waals surface area contributed by atoms with Crippen molar-refractivity contribution in [2.45, 2.75) is 5.03 Å². The first kappa shape index (κ1) is 14.8. The molecule has 0 saturated heterocycles. The van der Waals surface area contributed by atoms with Gasteiger partial charge in [0.15, 0.2) is 5.03 Å². The van der Waals surface area contributed by atoms with Gasteiger partial charge in [-0.25, -0.2) is 13.4 Å². The van der Waals surface area contributed by atoms with Gasteiger partial charge in [0, 0.05) is 21.3 Å². The van der Waals surface area contributed by atoms with Crippen LogP contribution in [-0.4, -0.2) is 19.3 Å². The topological polar surface area (TPSA) is 76.1 Å². The molecule has 0 fully saturated rings. The van der Waals surface area contributed by atoms with Crippen LogP contribution in [0.25, 0.3) is 0 Å². The Morgan fingerprint density at radius 1 is 1.10 bits per heavy atom. The second-order valence-electron chi connectivity index (χ2n) is 3.78. The Kier molecular flexibility index (Phi) is 4.27. The Balaban J connectivity index is 2.14. The molecule has 2 rings (SSSR count). The largest absolute Gasteiger partial charge is 0.321 e. The molecule has 5 nitrogen and oxygen atoms in total. The van der Waals surface area contributed by atoms with Gasteiger partial charge in [0.2, 0.25) is 0 Å². The molecule has 8 heteroatoms. The Hall–Kier alpha value is -1.63. The van der Waals surface area contributed by atoms with Crippen LogP contribution in [0.4, 0.5) is 5.69 Å². The van der Waals surface area contributed by atoms with E-state index in [-0.39, 0.29) is 10.9 Å². The van der Waals surface area contributed by atoms with Crippen molar-refractivity contribution in [3.8, 4) is 0 Å². The van der Waals surface area contributed by atoms with Gasteiger partial charge in [-0.3, -0.25) is 4.79 Å². The molecule has 1 N–H and O–H groups in total. The lowest BCUT2D eigenvalue weighted by atomic mass is 10.2. The van der Waals surface area contributed by atoms with Crippen LogP contribution in [0.15, 0.2) is 47.6 Å². The van der Waals surface area contributed by atoms with E-state index in [0.29, 0.717) is 16.3 Å². The predicted molar refractivity (Wildman–Crippen MR) is 76.7 cm³/mol. The van der Waals surface area contributed by atoms with Crippen molar-refractivity contribution in [1.29, 1.82) is 0 Å². The summed E-state index contributed by atoms with van der Waals surface area (Å²) >= 11 is 5.73. The van der Waals surface area contributed by atoms with Gasteiger partial charge in [0.05, 0.1) is 11.9 Å². The molecule has 0 bridgehead atoms.